The van der Waals surface area contributed by atoms with E-state index >= 15 is 0 Å². The lowest BCUT2D eigenvalue weighted by Crippen LogP contribution is -2.04. The number of halogens is 1. The summed E-state index contributed by atoms with van der Waals surface area (Å²) < 4.78 is 0. The molecule has 13 heavy (non-hydrogen) atoms. The summed E-state index contributed by atoms with van der Waals surface area (Å²) in [4.78, 5) is 3.24. The molecule has 1 aromatic heterocycles. The predicted molar refractivity (Wildman–Crippen MR) is 55.9 cm³/mol. The van der Waals surface area contributed by atoms with Crippen LogP contribution in [0.1, 0.15) is 18.7 Å². The summed E-state index contributed by atoms with van der Waals surface area (Å²) in [6.45, 7) is 1.95. The first-order valence-corrected chi connectivity index (χ1v) is 4.58. The second-order valence-corrected chi connectivity index (χ2v) is 3.68. The zero-order chi connectivity index (χ0) is 9.42. The van der Waals surface area contributed by atoms with Crippen molar-refractivity contribution in [1.82, 2.24) is 4.98 Å². The fourth-order valence-electron chi connectivity index (χ4n) is 1.37. The van der Waals surface area contributed by atoms with Gasteiger partial charge in [0.1, 0.15) is 0 Å². The summed E-state index contributed by atoms with van der Waals surface area (Å²) in [5.41, 5.74) is 7.87. The molecule has 0 aliphatic carbocycles. The summed E-state index contributed by atoms with van der Waals surface area (Å²) in [5, 5.41) is 1.86. The molecule has 1 atom stereocenters. The molecular weight excluding hydrogens is 184 g/mol. The third-order valence-electron chi connectivity index (χ3n) is 2.09. The summed E-state index contributed by atoms with van der Waals surface area (Å²) in [6.07, 6.45) is 0. The molecule has 0 saturated carbocycles. The molecule has 3 heteroatoms. The Kier molecular flexibility index (Phi) is 2.02. The highest BCUT2D eigenvalue weighted by atomic mass is 35.5. The standard InChI is InChI=1S/C10H11ClN2/c1-6(12)10-5-7-4-8(11)2-3-9(7)13-10/h2-6,13H,12H2,1H3/t6-/m1/s1. The predicted octanol–water partition coefficient (Wildman–Crippen LogP) is 2.84. The number of aromatic nitrogens is 1. The monoisotopic (exact) mass is 194 g/mol. The van der Waals surface area contributed by atoms with Gasteiger partial charge in [-0.05, 0) is 31.2 Å². The zero-order valence-corrected chi connectivity index (χ0v) is 8.10. The van der Waals surface area contributed by atoms with E-state index < -0.39 is 0 Å². The Labute approximate surface area is 81.7 Å². The van der Waals surface area contributed by atoms with Crippen LogP contribution in [0.5, 0.6) is 0 Å². The summed E-state index contributed by atoms with van der Waals surface area (Å²) in [5.74, 6) is 0. The van der Waals surface area contributed by atoms with Gasteiger partial charge in [0.2, 0.25) is 0 Å². The Morgan fingerprint density at radius 3 is 2.85 bits per heavy atom. The van der Waals surface area contributed by atoms with Gasteiger partial charge in [0.15, 0.2) is 0 Å². The van der Waals surface area contributed by atoms with Crippen LogP contribution in [0, 0.1) is 0 Å². The first kappa shape index (κ1) is 8.60. The largest absolute Gasteiger partial charge is 0.357 e. The van der Waals surface area contributed by atoms with Gasteiger partial charge in [0.25, 0.3) is 0 Å². The van der Waals surface area contributed by atoms with Crippen LogP contribution in [-0.4, -0.2) is 4.98 Å². The van der Waals surface area contributed by atoms with E-state index in [1.165, 1.54) is 0 Å². The van der Waals surface area contributed by atoms with Crippen molar-refractivity contribution in [2.75, 3.05) is 0 Å². The van der Waals surface area contributed by atoms with Crippen molar-refractivity contribution in [1.29, 1.82) is 0 Å². The fourth-order valence-corrected chi connectivity index (χ4v) is 1.55. The quantitative estimate of drug-likeness (QED) is 0.720. The molecule has 3 N–H and O–H groups in total. The van der Waals surface area contributed by atoms with E-state index in [1.807, 2.05) is 31.2 Å². The maximum absolute atomic E-state index is 5.86. The van der Waals surface area contributed by atoms with E-state index in [-0.39, 0.29) is 6.04 Å². The minimum absolute atomic E-state index is 0.0335. The highest BCUT2D eigenvalue weighted by molar-refractivity contribution is 6.31. The highest BCUT2D eigenvalue weighted by Crippen LogP contribution is 2.21. The Hall–Kier alpha value is -0.990. The molecule has 0 aliphatic rings. The molecule has 68 valence electrons. The van der Waals surface area contributed by atoms with Crippen molar-refractivity contribution in [3.8, 4) is 0 Å². The van der Waals surface area contributed by atoms with Gasteiger partial charge in [0, 0.05) is 27.7 Å². The maximum Gasteiger partial charge on any atom is 0.0457 e. The Morgan fingerprint density at radius 1 is 1.38 bits per heavy atom. The molecular formula is C10H11ClN2. The number of nitrogens with one attached hydrogen (secondary N) is 1. The van der Waals surface area contributed by atoms with Crippen molar-refractivity contribution in [3.63, 3.8) is 0 Å². The van der Waals surface area contributed by atoms with Gasteiger partial charge < -0.3 is 10.7 Å². The van der Waals surface area contributed by atoms with Crippen LogP contribution in [0.2, 0.25) is 5.02 Å². The van der Waals surface area contributed by atoms with Crippen molar-refractivity contribution in [3.05, 3.63) is 35.0 Å². The number of hydrogen-bond donors (Lipinski definition) is 2. The lowest BCUT2D eigenvalue weighted by atomic mass is 10.2. The SMILES string of the molecule is C[C@@H](N)c1cc2cc(Cl)ccc2[nH]1. The van der Waals surface area contributed by atoms with Gasteiger partial charge in [-0.25, -0.2) is 0 Å². The van der Waals surface area contributed by atoms with Crippen LogP contribution in [0.3, 0.4) is 0 Å². The normalized spacial score (nSPS) is 13.5. The van der Waals surface area contributed by atoms with Crippen LogP contribution in [0.25, 0.3) is 10.9 Å². The van der Waals surface area contributed by atoms with Crippen molar-refractivity contribution in [2.45, 2.75) is 13.0 Å². The molecule has 2 rings (SSSR count). The molecule has 0 spiro atoms. The van der Waals surface area contributed by atoms with E-state index in [1.54, 1.807) is 0 Å². The van der Waals surface area contributed by atoms with E-state index in [4.69, 9.17) is 17.3 Å². The Balaban J connectivity index is 2.62. The van der Waals surface area contributed by atoms with Crippen LogP contribution >= 0.6 is 11.6 Å². The van der Waals surface area contributed by atoms with E-state index in [9.17, 15) is 0 Å². The number of hydrogen-bond acceptors (Lipinski definition) is 1. The average Bonchev–Trinajstić information content (AvgIpc) is 2.46. The van der Waals surface area contributed by atoms with Crippen molar-refractivity contribution in [2.24, 2.45) is 5.73 Å². The number of rotatable bonds is 1. The molecule has 0 bridgehead atoms. The molecule has 0 unspecified atom stereocenters. The minimum Gasteiger partial charge on any atom is -0.357 e. The van der Waals surface area contributed by atoms with Gasteiger partial charge >= 0.3 is 0 Å². The third-order valence-corrected chi connectivity index (χ3v) is 2.33. The first-order chi connectivity index (χ1) is 6.16. The van der Waals surface area contributed by atoms with Crippen molar-refractivity contribution < 1.29 is 0 Å². The molecule has 0 aliphatic heterocycles. The van der Waals surface area contributed by atoms with Crippen LogP contribution < -0.4 is 5.73 Å². The second kappa shape index (κ2) is 3.05. The number of benzene rings is 1. The third kappa shape index (κ3) is 1.55. The minimum atomic E-state index is 0.0335. The molecule has 0 radical (unpaired) electrons. The number of H-pyrrole nitrogens is 1. The molecule has 2 nitrogen and oxygen atoms in total. The Morgan fingerprint density at radius 2 is 2.15 bits per heavy atom. The van der Waals surface area contributed by atoms with Gasteiger partial charge in [-0.2, -0.15) is 0 Å². The molecule has 1 aromatic carbocycles. The van der Waals surface area contributed by atoms with Gasteiger partial charge in [0.05, 0.1) is 0 Å². The first-order valence-electron chi connectivity index (χ1n) is 4.20. The molecule has 1 heterocycles. The maximum atomic E-state index is 5.86. The van der Waals surface area contributed by atoms with Gasteiger partial charge in [-0.3, -0.25) is 0 Å². The summed E-state index contributed by atoms with van der Waals surface area (Å²) in [6, 6.07) is 7.83. The van der Waals surface area contributed by atoms with Crippen LogP contribution in [0.15, 0.2) is 24.3 Å². The molecule has 2 aromatic rings. The fraction of sp³-hybridized carbons (Fsp3) is 0.200. The number of nitrogens with two attached hydrogens (primary N) is 1. The second-order valence-electron chi connectivity index (χ2n) is 3.24. The number of fused-ring (bicyclic) bond motifs is 1. The zero-order valence-electron chi connectivity index (χ0n) is 7.34. The van der Waals surface area contributed by atoms with Gasteiger partial charge in [-0.15, -0.1) is 0 Å². The van der Waals surface area contributed by atoms with Crippen molar-refractivity contribution >= 4 is 22.5 Å². The van der Waals surface area contributed by atoms with E-state index in [2.05, 4.69) is 4.98 Å². The number of aromatic amines is 1. The molecule has 0 saturated heterocycles. The smallest absolute Gasteiger partial charge is 0.0457 e. The lowest BCUT2D eigenvalue weighted by Gasteiger charge is -1.98. The van der Waals surface area contributed by atoms with E-state index in [0.29, 0.717) is 0 Å². The summed E-state index contributed by atoms with van der Waals surface area (Å²) >= 11 is 5.86. The van der Waals surface area contributed by atoms with Gasteiger partial charge in [-0.1, -0.05) is 11.6 Å². The highest BCUT2D eigenvalue weighted by Gasteiger charge is 2.04. The molecule has 0 fully saturated rings. The average molecular weight is 195 g/mol. The summed E-state index contributed by atoms with van der Waals surface area (Å²) in [7, 11) is 0. The molecule has 0 amide bonds. The lowest BCUT2D eigenvalue weighted by molar-refractivity contribution is 0.792. The Bertz CT molecular complexity index is 431. The van der Waals surface area contributed by atoms with Crippen LogP contribution in [-0.2, 0) is 0 Å². The topological polar surface area (TPSA) is 41.8 Å². The van der Waals surface area contributed by atoms with Crippen LogP contribution in [0.4, 0.5) is 0 Å². The van der Waals surface area contributed by atoms with E-state index in [0.717, 1.165) is 21.6 Å².